The minimum Gasteiger partial charge on any atom is -0.394 e. The standard InChI is InChI=1S/C25H25FN4O4/c1-15-9-10-30-21(13-27-22(30)11-15)25(34)28-19-12-17(7-8-18(19)26)24(33)29-20(14-31)23(32)16-5-3-2-4-6-16/h2-7,9-13,18,20,23,31-32H,8,14H2,1H3,(H,28,34)(H,29,33)/t18?,20-,23-/m0/s1. The Morgan fingerprint density at radius 1 is 1.24 bits per heavy atom. The highest BCUT2D eigenvalue weighted by Crippen LogP contribution is 2.22. The van der Waals surface area contributed by atoms with Gasteiger partial charge in [0, 0.05) is 18.2 Å². The van der Waals surface area contributed by atoms with Crippen molar-refractivity contribution >= 4 is 17.5 Å². The van der Waals surface area contributed by atoms with Crippen LogP contribution in [0.3, 0.4) is 0 Å². The van der Waals surface area contributed by atoms with Crippen molar-refractivity contribution < 1.29 is 24.2 Å². The van der Waals surface area contributed by atoms with E-state index in [1.54, 1.807) is 40.9 Å². The van der Waals surface area contributed by atoms with Crippen LogP contribution >= 0.6 is 0 Å². The molecule has 0 radical (unpaired) electrons. The van der Waals surface area contributed by atoms with Gasteiger partial charge in [0.05, 0.1) is 24.5 Å². The summed E-state index contributed by atoms with van der Waals surface area (Å²) in [6, 6.07) is 11.3. The Kier molecular flexibility index (Phi) is 6.85. The van der Waals surface area contributed by atoms with Crippen molar-refractivity contribution in [2.24, 2.45) is 0 Å². The molecule has 0 bridgehead atoms. The van der Waals surface area contributed by atoms with Gasteiger partial charge in [-0.05, 0) is 36.3 Å². The zero-order chi connectivity index (χ0) is 24.2. The van der Waals surface area contributed by atoms with Crippen LogP contribution in [0.1, 0.15) is 34.1 Å². The number of aliphatic hydroxyl groups excluding tert-OH is 2. The molecule has 2 aromatic heterocycles. The molecule has 1 unspecified atom stereocenters. The first-order valence-electron chi connectivity index (χ1n) is 10.8. The van der Waals surface area contributed by atoms with Gasteiger partial charge in [-0.1, -0.05) is 36.4 Å². The first-order chi connectivity index (χ1) is 16.4. The number of nitrogens with one attached hydrogen (secondary N) is 2. The summed E-state index contributed by atoms with van der Waals surface area (Å²) in [5, 5.41) is 25.3. The molecule has 1 aromatic carbocycles. The van der Waals surface area contributed by atoms with E-state index >= 15 is 0 Å². The van der Waals surface area contributed by atoms with Crippen LogP contribution in [0.2, 0.25) is 0 Å². The van der Waals surface area contributed by atoms with E-state index in [0.717, 1.165) is 5.56 Å². The van der Waals surface area contributed by atoms with Gasteiger partial charge in [-0.2, -0.15) is 0 Å². The maximum Gasteiger partial charge on any atom is 0.274 e. The summed E-state index contributed by atoms with van der Waals surface area (Å²) in [6.07, 6.45) is 3.06. The molecule has 4 N–H and O–H groups in total. The fourth-order valence-corrected chi connectivity index (χ4v) is 3.75. The number of fused-ring (bicyclic) bond motifs is 1. The first-order valence-corrected chi connectivity index (χ1v) is 10.8. The number of carbonyl (C=O) groups excluding carboxylic acids is 2. The lowest BCUT2D eigenvalue weighted by Gasteiger charge is -2.24. The summed E-state index contributed by atoms with van der Waals surface area (Å²) in [5.41, 5.74) is 2.42. The molecule has 3 aromatic rings. The smallest absolute Gasteiger partial charge is 0.274 e. The number of carbonyl (C=O) groups is 2. The average molecular weight is 464 g/mol. The first kappa shape index (κ1) is 23.3. The number of amides is 2. The number of allylic oxidation sites excluding steroid dienone is 2. The van der Waals surface area contributed by atoms with E-state index in [9.17, 15) is 24.2 Å². The van der Waals surface area contributed by atoms with E-state index in [1.807, 2.05) is 19.1 Å². The van der Waals surface area contributed by atoms with Crippen molar-refractivity contribution in [2.75, 3.05) is 6.61 Å². The molecule has 2 amide bonds. The summed E-state index contributed by atoms with van der Waals surface area (Å²) < 4.78 is 16.2. The number of hydrogen-bond acceptors (Lipinski definition) is 5. The molecule has 4 rings (SSSR count). The third kappa shape index (κ3) is 4.90. The monoisotopic (exact) mass is 464 g/mol. The molecule has 0 spiro atoms. The molecule has 0 saturated heterocycles. The number of imidazole rings is 1. The van der Waals surface area contributed by atoms with Gasteiger partial charge >= 0.3 is 0 Å². The fourth-order valence-electron chi connectivity index (χ4n) is 3.75. The molecule has 0 fully saturated rings. The Morgan fingerprint density at radius 2 is 2.00 bits per heavy atom. The highest BCUT2D eigenvalue weighted by molar-refractivity contribution is 5.98. The molecule has 2 heterocycles. The van der Waals surface area contributed by atoms with Crippen LogP contribution < -0.4 is 10.6 Å². The second-order valence-electron chi connectivity index (χ2n) is 8.11. The van der Waals surface area contributed by atoms with Gasteiger partial charge in [-0.3, -0.25) is 14.0 Å². The van der Waals surface area contributed by atoms with Gasteiger partial charge < -0.3 is 20.8 Å². The minimum atomic E-state index is -1.49. The SMILES string of the molecule is Cc1ccn2c(C(=O)NC3=CC(C(=O)N[C@@H](CO)[C@@H](O)c4ccccc4)=CCC3F)cnc2c1. The number of benzene rings is 1. The third-order valence-corrected chi connectivity index (χ3v) is 5.65. The van der Waals surface area contributed by atoms with Gasteiger partial charge in [0.1, 0.15) is 23.6 Å². The molecular formula is C25H25FN4O4. The lowest BCUT2D eigenvalue weighted by Crippen LogP contribution is -2.43. The number of halogens is 1. The summed E-state index contributed by atoms with van der Waals surface area (Å²) in [6.45, 7) is 1.41. The molecule has 9 heteroatoms. The lowest BCUT2D eigenvalue weighted by molar-refractivity contribution is -0.119. The highest BCUT2D eigenvalue weighted by atomic mass is 19.1. The van der Waals surface area contributed by atoms with E-state index in [-0.39, 0.29) is 23.4 Å². The van der Waals surface area contributed by atoms with Crippen LogP contribution in [0.15, 0.2) is 78.3 Å². The van der Waals surface area contributed by atoms with Crippen LogP contribution in [0.5, 0.6) is 0 Å². The van der Waals surface area contributed by atoms with Crippen LogP contribution in [-0.2, 0) is 4.79 Å². The van der Waals surface area contributed by atoms with Crippen LogP contribution in [0.25, 0.3) is 5.65 Å². The maximum absolute atomic E-state index is 14.6. The van der Waals surface area contributed by atoms with E-state index in [1.165, 1.54) is 18.3 Å². The van der Waals surface area contributed by atoms with E-state index in [2.05, 4.69) is 15.6 Å². The molecule has 0 saturated carbocycles. The highest BCUT2D eigenvalue weighted by Gasteiger charge is 2.27. The molecule has 8 nitrogen and oxygen atoms in total. The Bertz CT molecular complexity index is 1270. The van der Waals surface area contributed by atoms with Crippen molar-refractivity contribution in [2.45, 2.75) is 31.7 Å². The quantitative estimate of drug-likeness (QED) is 0.428. The number of pyridine rings is 1. The number of aryl methyl sites for hydroxylation is 1. The molecule has 176 valence electrons. The molecule has 34 heavy (non-hydrogen) atoms. The van der Waals surface area contributed by atoms with E-state index in [4.69, 9.17) is 0 Å². The normalized spacial score (nSPS) is 17.5. The maximum atomic E-state index is 14.6. The number of nitrogens with zero attached hydrogens (tertiary/aromatic N) is 2. The zero-order valence-electron chi connectivity index (χ0n) is 18.5. The molecule has 0 aliphatic heterocycles. The average Bonchev–Trinajstić information content (AvgIpc) is 3.27. The zero-order valence-corrected chi connectivity index (χ0v) is 18.5. The number of alkyl halides is 1. The second-order valence-corrected chi connectivity index (χ2v) is 8.11. The van der Waals surface area contributed by atoms with E-state index in [0.29, 0.717) is 11.2 Å². The lowest BCUT2D eigenvalue weighted by atomic mass is 9.99. The summed E-state index contributed by atoms with van der Waals surface area (Å²) >= 11 is 0. The Balaban J connectivity index is 1.48. The van der Waals surface area contributed by atoms with Crippen molar-refractivity contribution in [3.05, 3.63) is 95.1 Å². The predicted molar refractivity (Wildman–Crippen MR) is 123 cm³/mol. The fraction of sp³-hybridized carbons (Fsp3) is 0.240. The van der Waals surface area contributed by atoms with Gasteiger partial charge in [0.25, 0.3) is 11.8 Å². The van der Waals surface area contributed by atoms with Crippen molar-refractivity contribution in [1.29, 1.82) is 0 Å². The summed E-state index contributed by atoms with van der Waals surface area (Å²) in [7, 11) is 0. The van der Waals surface area contributed by atoms with E-state index < -0.39 is 36.7 Å². The Morgan fingerprint density at radius 3 is 2.74 bits per heavy atom. The van der Waals surface area contributed by atoms with Crippen molar-refractivity contribution in [3.8, 4) is 0 Å². The van der Waals surface area contributed by atoms with Crippen LogP contribution in [-0.4, -0.2) is 50.2 Å². The molecule has 3 atom stereocenters. The Labute approximate surface area is 195 Å². The summed E-state index contributed by atoms with van der Waals surface area (Å²) in [5.74, 6) is -1.15. The largest absolute Gasteiger partial charge is 0.394 e. The topological polar surface area (TPSA) is 116 Å². The van der Waals surface area contributed by atoms with Gasteiger partial charge in [0.15, 0.2) is 0 Å². The number of hydrogen-bond donors (Lipinski definition) is 4. The Hall–Kier alpha value is -3.82. The van der Waals surface area contributed by atoms with Crippen molar-refractivity contribution in [1.82, 2.24) is 20.0 Å². The number of rotatable bonds is 7. The number of aromatic nitrogens is 2. The minimum absolute atomic E-state index is 0.0520. The summed E-state index contributed by atoms with van der Waals surface area (Å²) in [4.78, 5) is 29.8. The molecular weight excluding hydrogens is 439 g/mol. The second kappa shape index (κ2) is 9.98. The number of aliphatic hydroxyl groups is 2. The van der Waals surface area contributed by atoms with Crippen LogP contribution in [0.4, 0.5) is 4.39 Å². The van der Waals surface area contributed by atoms with Crippen molar-refractivity contribution in [3.63, 3.8) is 0 Å². The van der Waals surface area contributed by atoms with Crippen LogP contribution in [0, 0.1) is 6.92 Å². The predicted octanol–water partition coefficient (Wildman–Crippen LogP) is 2.14. The van der Waals surface area contributed by atoms with Gasteiger partial charge in [-0.15, -0.1) is 0 Å². The van der Waals surface area contributed by atoms with Gasteiger partial charge in [0.2, 0.25) is 0 Å². The third-order valence-electron chi connectivity index (χ3n) is 5.65. The van der Waals surface area contributed by atoms with Gasteiger partial charge in [-0.25, -0.2) is 9.37 Å². The molecule has 1 aliphatic rings. The molecule has 1 aliphatic carbocycles.